The third kappa shape index (κ3) is 5.84. The molecule has 1 aromatic carbocycles. The summed E-state index contributed by atoms with van der Waals surface area (Å²) in [6, 6.07) is 5.66. The topological polar surface area (TPSA) is 74.5 Å². The molecule has 0 amide bonds. The Morgan fingerprint density at radius 1 is 1.22 bits per heavy atom. The smallest absolute Gasteiger partial charge is 0.401 e. The molecule has 3 aromatic rings. The number of thioether (sulfide) groups is 1. The number of aromatic nitrogens is 3. The van der Waals surface area contributed by atoms with Crippen LogP contribution in [0.4, 0.5) is 23.4 Å². The molecule has 1 aliphatic rings. The summed E-state index contributed by atoms with van der Waals surface area (Å²) in [5.74, 6) is -1.12. The SMILES string of the molecule is Cc1nn(-c2nc(N3CCN(CC(F)(F)F)CC3)c(SC(C)C)s2)c(C(=O)O)c1-c1cccc(F)c1. The lowest BCUT2D eigenvalue weighted by Gasteiger charge is -2.35. The molecule has 0 spiro atoms. The number of hydrogen-bond acceptors (Lipinski definition) is 7. The highest BCUT2D eigenvalue weighted by Gasteiger charge is 2.33. The first-order valence-electron chi connectivity index (χ1n) is 11.2. The quantitative estimate of drug-likeness (QED) is 0.319. The molecule has 1 fully saturated rings. The molecule has 1 N–H and O–H groups in total. The number of aromatic carboxylic acids is 1. The minimum absolute atomic E-state index is 0.130. The second kappa shape index (κ2) is 10.4. The molecule has 3 heterocycles. The minimum Gasteiger partial charge on any atom is -0.476 e. The highest BCUT2D eigenvalue weighted by molar-refractivity contribution is 8.01. The molecule has 2 aromatic heterocycles. The number of piperazine rings is 1. The summed E-state index contributed by atoms with van der Waals surface area (Å²) in [5, 5.41) is 15.0. The number of hydrogen-bond donors (Lipinski definition) is 1. The van der Waals surface area contributed by atoms with Gasteiger partial charge in [-0.15, -0.1) is 11.8 Å². The van der Waals surface area contributed by atoms with Gasteiger partial charge in [-0.05, 0) is 24.6 Å². The Balaban J connectivity index is 1.72. The standard InChI is InChI=1S/C23H25F4N5O2S2/c1-13(2)35-21-19(31-9-7-30(8-10-31)12-23(25,26)27)28-22(36-21)32-18(20(33)34)17(14(3)29-32)15-5-4-6-16(24)11-15/h4-6,11,13H,7-10,12H2,1-3H3,(H,33,34). The number of rotatable bonds is 7. The van der Waals surface area contributed by atoms with Crippen molar-refractivity contribution in [3.05, 3.63) is 41.5 Å². The average molecular weight is 544 g/mol. The number of aryl methyl sites for hydroxylation is 1. The molecule has 194 valence electrons. The molecule has 4 rings (SSSR count). The molecule has 0 radical (unpaired) electrons. The summed E-state index contributed by atoms with van der Waals surface area (Å²) in [6.45, 7) is 5.93. The van der Waals surface area contributed by atoms with Crippen LogP contribution in [0.15, 0.2) is 28.5 Å². The Bertz CT molecular complexity index is 1250. The van der Waals surface area contributed by atoms with Crippen molar-refractivity contribution in [1.29, 1.82) is 0 Å². The van der Waals surface area contributed by atoms with E-state index in [1.54, 1.807) is 24.8 Å². The van der Waals surface area contributed by atoms with Crippen molar-refractivity contribution in [2.75, 3.05) is 37.6 Å². The van der Waals surface area contributed by atoms with Crippen LogP contribution in [0.3, 0.4) is 0 Å². The molecular weight excluding hydrogens is 518 g/mol. The van der Waals surface area contributed by atoms with Crippen LogP contribution < -0.4 is 4.90 Å². The van der Waals surface area contributed by atoms with E-state index in [-0.39, 0.29) is 24.0 Å². The summed E-state index contributed by atoms with van der Waals surface area (Å²) in [4.78, 5) is 20.3. The van der Waals surface area contributed by atoms with Gasteiger partial charge in [-0.2, -0.15) is 27.9 Å². The van der Waals surface area contributed by atoms with Crippen molar-refractivity contribution in [3.8, 4) is 16.3 Å². The summed E-state index contributed by atoms with van der Waals surface area (Å²) < 4.78 is 54.4. The number of anilines is 1. The third-order valence-corrected chi connectivity index (χ3v) is 7.76. The summed E-state index contributed by atoms with van der Waals surface area (Å²) in [6.07, 6.45) is -4.25. The molecular formula is C23H25F4N5O2S2. The predicted octanol–water partition coefficient (Wildman–Crippen LogP) is 5.33. The molecule has 1 saturated heterocycles. The fourth-order valence-electron chi connectivity index (χ4n) is 4.09. The van der Waals surface area contributed by atoms with Crippen molar-refractivity contribution in [3.63, 3.8) is 0 Å². The van der Waals surface area contributed by atoms with Crippen molar-refractivity contribution in [2.45, 2.75) is 36.4 Å². The fourth-order valence-corrected chi connectivity index (χ4v) is 6.58. The van der Waals surface area contributed by atoms with E-state index < -0.39 is 24.5 Å². The van der Waals surface area contributed by atoms with Crippen LogP contribution >= 0.6 is 23.1 Å². The van der Waals surface area contributed by atoms with Gasteiger partial charge < -0.3 is 10.0 Å². The molecule has 13 heteroatoms. The summed E-state index contributed by atoms with van der Waals surface area (Å²) in [5.41, 5.74) is 0.978. The van der Waals surface area contributed by atoms with E-state index in [2.05, 4.69) is 5.10 Å². The Morgan fingerprint density at radius 3 is 2.50 bits per heavy atom. The maximum absolute atomic E-state index is 13.9. The van der Waals surface area contributed by atoms with Gasteiger partial charge in [0.25, 0.3) is 0 Å². The zero-order valence-electron chi connectivity index (χ0n) is 19.8. The Labute approximate surface area is 213 Å². The molecule has 1 aliphatic heterocycles. The predicted molar refractivity (Wildman–Crippen MR) is 132 cm³/mol. The number of carbonyl (C=O) groups is 1. The van der Waals surface area contributed by atoms with Gasteiger partial charge in [-0.1, -0.05) is 37.3 Å². The normalized spacial score (nSPS) is 15.2. The highest BCUT2D eigenvalue weighted by Crippen LogP contribution is 2.41. The molecule has 36 heavy (non-hydrogen) atoms. The van der Waals surface area contributed by atoms with Crippen LogP contribution in [0.1, 0.15) is 30.0 Å². The van der Waals surface area contributed by atoms with Gasteiger partial charge >= 0.3 is 12.1 Å². The largest absolute Gasteiger partial charge is 0.476 e. The monoisotopic (exact) mass is 543 g/mol. The first kappa shape index (κ1) is 26.4. The third-order valence-electron chi connectivity index (χ3n) is 5.54. The molecule has 0 saturated carbocycles. The molecule has 7 nitrogen and oxygen atoms in total. The average Bonchev–Trinajstić information content (AvgIpc) is 3.33. The number of halogens is 4. The highest BCUT2D eigenvalue weighted by atomic mass is 32.2. The molecule has 0 bridgehead atoms. The first-order chi connectivity index (χ1) is 16.9. The number of nitrogens with zero attached hydrogens (tertiary/aromatic N) is 5. The summed E-state index contributed by atoms with van der Waals surface area (Å²) in [7, 11) is 0. The van der Waals surface area contributed by atoms with Gasteiger partial charge in [0.05, 0.1) is 12.2 Å². The van der Waals surface area contributed by atoms with E-state index in [0.717, 1.165) is 4.21 Å². The number of thiazole rings is 1. The van der Waals surface area contributed by atoms with Crippen LogP contribution in [-0.4, -0.2) is 74.9 Å². The zero-order chi connectivity index (χ0) is 26.2. The van der Waals surface area contributed by atoms with Crippen LogP contribution in [0.5, 0.6) is 0 Å². The first-order valence-corrected chi connectivity index (χ1v) is 12.9. The number of carboxylic acid groups (broad SMARTS) is 1. The fraction of sp³-hybridized carbons (Fsp3) is 0.435. The van der Waals surface area contributed by atoms with E-state index in [4.69, 9.17) is 4.98 Å². The van der Waals surface area contributed by atoms with Crippen LogP contribution in [0, 0.1) is 12.7 Å². The van der Waals surface area contributed by atoms with Crippen LogP contribution in [-0.2, 0) is 0 Å². The minimum atomic E-state index is -4.25. The molecule has 0 aliphatic carbocycles. The number of carboxylic acids is 1. The van der Waals surface area contributed by atoms with Crippen molar-refractivity contribution >= 4 is 34.9 Å². The van der Waals surface area contributed by atoms with Gasteiger partial charge in [0.1, 0.15) is 10.0 Å². The number of benzene rings is 1. The van der Waals surface area contributed by atoms with Gasteiger partial charge in [-0.25, -0.2) is 9.18 Å². The Hall–Kier alpha value is -2.64. The second-order valence-electron chi connectivity index (χ2n) is 8.69. The van der Waals surface area contributed by atoms with Gasteiger partial charge in [0.2, 0.25) is 5.13 Å². The Morgan fingerprint density at radius 2 is 1.92 bits per heavy atom. The van der Waals surface area contributed by atoms with E-state index >= 15 is 0 Å². The van der Waals surface area contributed by atoms with Crippen molar-refractivity contribution in [1.82, 2.24) is 19.7 Å². The lowest BCUT2D eigenvalue weighted by Crippen LogP contribution is -2.49. The van der Waals surface area contributed by atoms with E-state index in [1.165, 1.54) is 39.1 Å². The zero-order valence-corrected chi connectivity index (χ0v) is 21.5. The van der Waals surface area contributed by atoms with Crippen molar-refractivity contribution in [2.24, 2.45) is 0 Å². The lowest BCUT2D eigenvalue weighted by atomic mass is 10.0. The van der Waals surface area contributed by atoms with E-state index in [0.29, 0.717) is 40.9 Å². The van der Waals surface area contributed by atoms with Gasteiger partial charge in [0.15, 0.2) is 11.5 Å². The molecule has 0 unspecified atom stereocenters. The second-order valence-corrected chi connectivity index (χ2v) is 11.5. The lowest BCUT2D eigenvalue weighted by molar-refractivity contribution is -0.146. The maximum atomic E-state index is 13.9. The van der Waals surface area contributed by atoms with E-state index in [1.807, 2.05) is 18.7 Å². The van der Waals surface area contributed by atoms with Crippen molar-refractivity contribution < 1.29 is 27.5 Å². The van der Waals surface area contributed by atoms with E-state index in [9.17, 15) is 27.5 Å². The Kier molecular flexibility index (Phi) is 7.62. The van der Waals surface area contributed by atoms with Gasteiger partial charge in [0, 0.05) is 37.0 Å². The van der Waals surface area contributed by atoms with Crippen LogP contribution in [0.25, 0.3) is 16.3 Å². The number of alkyl halides is 3. The van der Waals surface area contributed by atoms with Gasteiger partial charge in [-0.3, -0.25) is 4.90 Å². The maximum Gasteiger partial charge on any atom is 0.401 e. The summed E-state index contributed by atoms with van der Waals surface area (Å²) >= 11 is 2.83. The van der Waals surface area contributed by atoms with Crippen LogP contribution in [0.2, 0.25) is 0 Å². The molecule has 0 atom stereocenters.